The summed E-state index contributed by atoms with van der Waals surface area (Å²) < 4.78 is 7.52. The first-order chi connectivity index (χ1) is 13.8. The van der Waals surface area contributed by atoms with Gasteiger partial charge in [0.2, 0.25) is 5.65 Å². The molecule has 0 spiro atoms. The zero-order valence-corrected chi connectivity index (χ0v) is 15.8. The van der Waals surface area contributed by atoms with Crippen LogP contribution in [0.1, 0.15) is 12.7 Å². The van der Waals surface area contributed by atoms with E-state index in [2.05, 4.69) is 62.1 Å². The van der Waals surface area contributed by atoms with Gasteiger partial charge < -0.3 is 15.0 Å². The van der Waals surface area contributed by atoms with Crippen LogP contribution in [0.2, 0.25) is 0 Å². The number of nitrogens with zero attached hydrogens (tertiary/aromatic N) is 5. The number of fused-ring (bicyclic) bond motifs is 3. The highest BCUT2D eigenvalue weighted by atomic mass is 16.5. The summed E-state index contributed by atoms with van der Waals surface area (Å²) in [4.78, 5) is 7.14. The quantitative estimate of drug-likeness (QED) is 0.590. The Kier molecular flexibility index (Phi) is 4.29. The molecular formula is C21H22N6O. The molecule has 28 heavy (non-hydrogen) atoms. The van der Waals surface area contributed by atoms with Crippen LogP contribution in [0.4, 0.5) is 17.2 Å². The maximum absolute atomic E-state index is 5.43. The van der Waals surface area contributed by atoms with E-state index in [1.807, 2.05) is 18.2 Å². The summed E-state index contributed by atoms with van der Waals surface area (Å²) in [5.74, 6) is 1.64. The summed E-state index contributed by atoms with van der Waals surface area (Å²) in [6.07, 6.45) is 0.808. The number of rotatable bonds is 4. The van der Waals surface area contributed by atoms with E-state index in [9.17, 15) is 0 Å². The van der Waals surface area contributed by atoms with Crippen molar-refractivity contribution in [3.05, 3.63) is 54.4 Å². The van der Waals surface area contributed by atoms with E-state index in [1.54, 1.807) is 0 Å². The highest BCUT2D eigenvalue weighted by molar-refractivity contribution is 5.84. The summed E-state index contributed by atoms with van der Waals surface area (Å²) in [5.41, 5.74) is 4.86. The van der Waals surface area contributed by atoms with Gasteiger partial charge in [-0.15, -0.1) is 10.2 Å². The summed E-state index contributed by atoms with van der Waals surface area (Å²) in [6, 6.07) is 16.5. The maximum atomic E-state index is 5.43. The summed E-state index contributed by atoms with van der Waals surface area (Å²) >= 11 is 0. The van der Waals surface area contributed by atoms with E-state index in [0.717, 1.165) is 60.9 Å². The molecule has 0 radical (unpaired) electrons. The van der Waals surface area contributed by atoms with Gasteiger partial charge in [0.05, 0.1) is 24.2 Å². The second-order valence-corrected chi connectivity index (χ2v) is 6.85. The normalized spacial score (nSPS) is 14.7. The predicted molar refractivity (Wildman–Crippen MR) is 110 cm³/mol. The van der Waals surface area contributed by atoms with Gasteiger partial charge in [0.25, 0.3) is 0 Å². The molecule has 7 nitrogen and oxygen atoms in total. The molecule has 2 aromatic heterocycles. The Bertz CT molecular complexity index is 1120. The Labute approximate surface area is 163 Å². The van der Waals surface area contributed by atoms with Crippen LogP contribution >= 0.6 is 0 Å². The number of ether oxygens (including phenoxy) is 1. The van der Waals surface area contributed by atoms with Gasteiger partial charge in [0.1, 0.15) is 5.82 Å². The Morgan fingerprint density at radius 3 is 2.57 bits per heavy atom. The molecule has 2 aromatic carbocycles. The fourth-order valence-corrected chi connectivity index (χ4v) is 3.67. The molecule has 4 aromatic rings. The lowest BCUT2D eigenvalue weighted by atomic mass is 10.2. The number of para-hydroxylation sites is 2. The van der Waals surface area contributed by atoms with Crippen molar-refractivity contribution >= 4 is 33.9 Å². The van der Waals surface area contributed by atoms with Crippen molar-refractivity contribution in [2.45, 2.75) is 13.3 Å². The maximum Gasteiger partial charge on any atom is 0.204 e. The summed E-state index contributed by atoms with van der Waals surface area (Å²) in [6.45, 7) is 5.51. The fourth-order valence-electron chi connectivity index (χ4n) is 3.67. The van der Waals surface area contributed by atoms with E-state index in [1.165, 1.54) is 5.69 Å². The average molecular weight is 374 g/mol. The monoisotopic (exact) mass is 374 g/mol. The van der Waals surface area contributed by atoms with Crippen LogP contribution < -0.4 is 10.2 Å². The Balaban J connectivity index is 1.51. The molecule has 7 heteroatoms. The van der Waals surface area contributed by atoms with Gasteiger partial charge in [-0.25, -0.2) is 4.98 Å². The van der Waals surface area contributed by atoms with E-state index in [0.29, 0.717) is 5.82 Å². The standard InChI is InChI=1S/C21H22N6O/c1-2-19-24-25-21-20(23-17-5-3-4-6-18(17)27(19)21)22-15-7-9-16(10-8-15)26-11-13-28-14-12-26/h3-10H,2,11-14H2,1H3,(H,22,23). The molecule has 1 aliphatic rings. The Morgan fingerprint density at radius 2 is 1.79 bits per heavy atom. The molecule has 0 bridgehead atoms. The second-order valence-electron chi connectivity index (χ2n) is 6.85. The zero-order valence-electron chi connectivity index (χ0n) is 15.8. The number of benzene rings is 2. The van der Waals surface area contributed by atoms with Crippen molar-refractivity contribution in [2.75, 3.05) is 36.5 Å². The van der Waals surface area contributed by atoms with Crippen LogP contribution in [-0.4, -0.2) is 45.9 Å². The highest BCUT2D eigenvalue weighted by Gasteiger charge is 2.15. The second kappa shape index (κ2) is 7.09. The van der Waals surface area contributed by atoms with E-state index in [4.69, 9.17) is 9.72 Å². The van der Waals surface area contributed by atoms with Crippen LogP contribution in [0.3, 0.4) is 0 Å². The Hall–Kier alpha value is -3.19. The third kappa shape index (κ3) is 2.93. The molecule has 0 unspecified atom stereocenters. The predicted octanol–water partition coefficient (Wildman–Crippen LogP) is 3.42. The van der Waals surface area contributed by atoms with Gasteiger partial charge in [-0.2, -0.15) is 0 Å². The van der Waals surface area contributed by atoms with Crippen LogP contribution in [0.5, 0.6) is 0 Å². The fraction of sp³-hybridized carbons (Fsp3) is 0.286. The molecule has 0 aliphatic carbocycles. The van der Waals surface area contributed by atoms with Crippen molar-refractivity contribution < 1.29 is 4.74 Å². The number of nitrogens with one attached hydrogen (secondary N) is 1. The van der Waals surface area contributed by atoms with Crippen molar-refractivity contribution in [2.24, 2.45) is 0 Å². The van der Waals surface area contributed by atoms with Crippen LogP contribution in [-0.2, 0) is 11.2 Å². The first-order valence-corrected chi connectivity index (χ1v) is 9.66. The van der Waals surface area contributed by atoms with Gasteiger partial charge in [-0.3, -0.25) is 4.40 Å². The lowest BCUT2D eigenvalue weighted by Crippen LogP contribution is -2.36. The van der Waals surface area contributed by atoms with Gasteiger partial charge in [-0.1, -0.05) is 19.1 Å². The van der Waals surface area contributed by atoms with Gasteiger partial charge in [0.15, 0.2) is 5.82 Å². The van der Waals surface area contributed by atoms with E-state index in [-0.39, 0.29) is 0 Å². The van der Waals surface area contributed by atoms with Crippen molar-refractivity contribution in [1.82, 2.24) is 19.6 Å². The van der Waals surface area contributed by atoms with Crippen molar-refractivity contribution in [3.8, 4) is 0 Å². The third-order valence-electron chi connectivity index (χ3n) is 5.12. The molecule has 142 valence electrons. The molecule has 1 N–H and O–H groups in total. The number of morpholine rings is 1. The number of hydrogen-bond acceptors (Lipinski definition) is 6. The lowest BCUT2D eigenvalue weighted by Gasteiger charge is -2.28. The topological polar surface area (TPSA) is 67.6 Å². The number of anilines is 3. The van der Waals surface area contributed by atoms with Crippen molar-refractivity contribution in [3.63, 3.8) is 0 Å². The SMILES string of the molecule is CCc1nnc2c(Nc3ccc(N4CCOCC4)cc3)nc3ccccc3n12. The molecule has 3 heterocycles. The molecular weight excluding hydrogens is 352 g/mol. The zero-order chi connectivity index (χ0) is 18.9. The smallest absolute Gasteiger partial charge is 0.204 e. The van der Waals surface area contributed by atoms with E-state index >= 15 is 0 Å². The molecule has 5 rings (SSSR count). The molecule has 1 aliphatic heterocycles. The molecule has 1 fully saturated rings. The minimum atomic E-state index is 0.713. The number of hydrogen-bond donors (Lipinski definition) is 1. The van der Waals surface area contributed by atoms with Gasteiger partial charge in [-0.05, 0) is 36.4 Å². The summed E-state index contributed by atoms with van der Waals surface area (Å²) in [7, 11) is 0. The summed E-state index contributed by atoms with van der Waals surface area (Å²) in [5, 5.41) is 12.2. The lowest BCUT2D eigenvalue weighted by molar-refractivity contribution is 0.122. The first kappa shape index (κ1) is 16.9. The van der Waals surface area contributed by atoms with E-state index < -0.39 is 0 Å². The third-order valence-corrected chi connectivity index (χ3v) is 5.12. The van der Waals surface area contributed by atoms with Gasteiger partial charge in [0, 0.05) is 30.9 Å². The molecule has 0 amide bonds. The molecule has 0 saturated carbocycles. The number of aromatic nitrogens is 4. The average Bonchev–Trinajstić information content (AvgIpc) is 3.20. The van der Waals surface area contributed by atoms with Crippen LogP contribution in [0.25, 0.3) is 16.7 Å². The van der Waals surface area contributed by atoms with Crippen molar-refractivity contribution in [1.29, 1.82) is 0 Å². The first-order valence-electron chi connectivity index (χ1n) is 9.66. The molecule has 0 atom stereocenters. The van der Waals surface area contributed by atoms with Crippen LogP contribution in [0.15, 0.2) is 48.5 Å². The van der Waals surface area contributed by atoms with Gasteiger partial charge >= 0.3 is 0 Å². The minimum Gasteiger partial charge on any atom is -0.378 e. The largest absolute Gasteiger partial charge is 0.378 e. The van der Waals surface area contributed by atoms with Crippen LogP contribution in [0, 0.1) is 0 Å². The highest BCUT2D eigenvalue weighted by Crippen LogP contribution is 2.26. The number of aryl methyl sites for hydroxylation is 1. The Morgan fingerprint density at radius 1 is 1.00 bits per heavy atom. The minimum absolute atomic E-state index is 0.713. The molecule has 1 saturated heterocycles.